The van der Waals surface area contributed by atoms with E-state index in [4.69, 9.17) is 17.3 Å². The number of benzene rings is 1. The molecular weight excluding hydrogens is 289 g/mol. The number of aromatic nitrogens is 1. The topological polar surface area (TPSA) is 50.9 Å². The number of nitrogens with one attached hydrogen (secondary N) is 1. The molecule has 1 aromatic heterocycles. The minimum Gasteiger partial charge on any atom is -0.357 e. The molecule has 0 bridgehead atoms. The molecule has 1 aromatic carbocycles. The number of halogens is 2. The molecule has 18 heavy (non-hydrogen) atoms. The van der Waals surface area contributed by atoms with Gasteiger partial charge in [-0.15, -0.1) is 12.4 Å². The van der Waals surface area contributed by atoms with Gasteiger partial charge in [-0.3, -0.25) is 0 Å². The van der Waals surface area contributed by atoms with Gasteiger partial charge in [-0.1, -0.05) is 22.9 Å². The molecule has 3 rings (SSSR count). The molecule has 1 saturated carbocycles. The van der Waals surface area contributed by atoms with Crippen LogP contribution in [0.5, 0.6) is 0 Å². The molecular formula is C12H15Cl2N3S. The Balaban J connectivity index is 0.00000120. The monoisotopic (exact) mass is 303 g/mol. The van der Waals surface area contributed by atoms with E-state index in [1.54, 1.807) is 11.3 Å². The lowest BCUT2D eigenvalue weighted by molar-refractivity contribution is 0.637. The average Bonchev–Trinajstić information content (AvgIpc) is 2.85. The lowest BCUT2D eigenvalue weighted by atomic mass is 10.2. The summed E-state index contributed by atoms with van der Waals surface area (Å²) in [5.41, 5.74) is 7.03. The number of anilines is 1. The van der Waals surface area contributed by atoms with Crippen molar-refractivity contribution in [1.29, 1.82) is 0 Å². The van der Waals surface area contributed by atoms with E-state index in [1.165, 1.54) is 6.42 Å². The maximum absolute atomic E-state index is 6.04. The van der Waals surface area contributed by atoms with Crippen LogP contribution in [0.15, 0.2) is 18.2 Å². The summed E-state index contributed by atoms with van der Waals surface area (Å²) in [7, 11) is 0. The quantitative estimate of drug-likeness (QED) is 0.890. The third-order valence-corrected chi connectivity index (χ3v) is 4.41. The second-order valence-corrected chi connectivity index (χ2v) is 5.94. The zero-order chi connectivity index (χ0) is 11.8. The van der Waals surface area contributed by atoms with Crippen molar-refractivity contribution in [2.24, 2.45) is 5.73 Å². The van der Waals surface area contributed by atoms with Crippen molar-refractivity contribution in [1.82, 2.24) is 4.98 Å². The van der Waals surface area contributed by atoms with E-state index in [1.807, 2.05) is 18.2 Å². The molecule has 0 saturated heterocycles. The van der Waals surface area contributed by atoms with E-state index in [0.29, 0.717) is 6.04 Å². The molecule has 0 aliphatic heterocycles. The molecule has 6 heteroatoms. The van der Waals surface area contributed by atoms with Crippen LogP contribution in [0.3, 0.4) is 0 Å². The second kappa shape index (κ2) is 5.61. The van der Waals surface area contributed by atoms with E-state index >= 15 is 0 Å². The third-order valence-electron chi connectivity index (χ3n) is 3.23. The summed E-state index contributed by atoms with van der Waals surface area (Å²) in [5.74, 6) is 0. The van der Waals surface area contributed by atoms with Gasteiger partial charge in [0.2, 0.25) is 0 Å². The maximum Gasteiger partial charge on any atom is 0.184 e. The first-order valence-corrected chi connectivity index (χ1v) is 7.00. The molecule has 0 spiro atoms. The normalized spacial score (nSPS) is 23.0. The van der Waals surface area contributed by atoms with Crippen molar-refractivity contribution in [3.8, 4) is 0 Å². The number of thiazole rings is 1. The molecule has 0 amide bonds. The molecule has 2 aromatic rings. The lowest BCUT2D eigenvalue weighted by Gasteiger charge is -2.15. The van der Waals surface area contributed by atoms with Crippen LogP contribution < -0.4 is 11.1 Å². The smallest absolute Gasteiger partial charge is 0.184 e. The Morgan fingerprint density at radius 2 is 2.22 bits per heavy atom. The second-order valence-electron chi connectivity index (χ2n) is 4.48. The first-order chi connectivity index (χ1) is 8.22. The number of nitrogens with zero attached hydrogens (tertiary/aromatic N) is 1. The van der Waals surface area contributed by atoms with Gasteiger partial charge < -0.3 is 11.1 Å². The van der Waals surface area contributed by atoms with Gasteiger partial charge in [0, 0.05) is 17.1 Å². The van der Waals surface area contributed by atoms with E-state index in [0.717, 1.165) is 33.2 Å². The van der Waals surface area contributed by atoms with Crippen molar-refractivity contribution < 1.29 is 0 Å². The Morgan fingerprint density at radius 1 is 1.39 bits per heavy atom. The highest BCUT2D eigenvalue weighted by Gasteiger charge is 2.24. The summed E-state index contributed by atoms with van der Waals surface area (Å²) in [5, 5.41) is 5.14. The molecule has 1 aliphatic carbocycles. The molecule has 2 atom stereocenters. The van der Waals surface area contributed by atoms with E-state index < -0.39 is 0 Å². The van der Waals surface area contributed by atoms with E-state index in [2.05, 4.69) is 10.3 Å². The molecule has 98 valence electrons. The van der Waals surface area contributed by atoms with E-state index in [-0.39, 0.29) is 18.4 Å². The fourth-order valence-corrected chi connectivity index (χ4v) is 3.49. The van der Waals surface area contributed by atoms with Gasteiger partial charge >= 0.3 is 0 Å². The predicted molar refractivity (Wildman–Crippen MR) is 81.1 cm³/mol. The Morgan fingerprint density at radius 3 is 2.94 bits per heavy atom. The van der Waals surface area contributed by atoms with E-state index in [9.17, 15) is 0 Å². The number of hydrogen-bond acceptors (Lipinski definition) is 4. The SMILES string of the molecule is Cl.NC1CCCC1Nc1nc2ccc(Cl)cc2s1. The minimum absolute atomic E-state index is 0. The number of nitrogens with two attached hydrogens (primary N) is 1. The molecule has 1 aliphatic rings. The zero-order valence-corrected chi connectivity index (χ0v) is 12.1. The Hall–Kier alpha value is -0.550. The molecule has 2 unspecified atom stereocenters. The van der Waals surface area contributed by atoms with Gasteiger partial charge in [-0.2, -0.15) is 0 Å². The number of rotatable bonds is 2. The molecule has 1 fully saturated rings. The van der Waals surface area contributed by atoms with Crippen molar-refractivity contribution in [3.05, 3.63) is 23.2 Å². The number of hydrogen-bond donors (Lipinski definition) is 2. The standard InChI is InChI=1S/C12H14ClN3S.ClH/c13-7-4-5-10-11(6-7)17-12(16-10)15-9-3-1-2-8(9)14;/h4-6,8-9H,1-3,14H2,(H,15,16);1H. The van der Waals surface area contributed by atoms with Crippen LogP contribution in [-0.4, -0.2) is 17.1 Å². The van der Waals surface area contributed by atoms with Crippen LogP contribution in [0.4, 0.5) is 5.13 Å². The predicted octanol–water partition coefficient (Wildman–Crippen LogP) is 3.66. The van der Waals surface area contributed by atoms with Crippen LogP contribution in [0.25, 0.3) is 10.2 Å². The van der Waals surface area contributed by atoms with Gasteiger partial charge in [0.05, 0.1) is 10.2 Å². The lowest BCUT2D eigenvalue weighted by Crippen LogP contribution is -2.35. The first kappa shape index (κ1) is 13.9. The van der Waals surface area contributed by atoms with Crippen molar-refractivity contribution >= 4 is 50.7 Å². The van der Waals surface area contributed by atoms with Gasteiger partial charge in [0.15, 0.2) is 5.13 Å². The van der Waals surface area contributed by atoms with Crippen LogP contribution in [0.1, 0.15) is 19.3 Å². The summed E-state index contributed by atoms with van der Waals surface area (Å²) in [6.07, 6.45) is 3.45. The summed E-state index contributed by atoms with van der Waals surface area (Å²) in [6, 6.07) is 6.40. The van der Waals surface area contributed by atoms with Crippen molar-refractivity contribution in [2.75, 3.05) is 5.32 Å². The maximum atomic E-state index is 6.04. The van der Waals surface area contributed by atoms with Gasteiger partial charge in [0.25, 0.3) is 0 Å². The largest absolute Gasteiger partial charge is 0.357 e. The van der Waals surface area contributed by atoms with Crippen LogP contribution >= 0.6 is 35.3 Å². The summed E-state index contributed by atoms with van der Waals surface area (Å²) >= 11 is 7.60. The van der Waals surface area contributed by atoms with Crippen molar-refractivity contribution in [3.63, 3.8) is 0 Å². The highest BCUT2D eigenvalue weighted by atomic mass is 35.5. The number of fused-ring (bicyclic) bond motifs is 1. The van der Waals surface area contributed by atoms with Crippen LogP contribution in [-0.2, 0) is 0 Å². The van der Waals surface area contributed by atoms with Crippen LogP contribution in [0.2, 0.25) is 5.02 Å². The first-order valence-electron chi connectivity index (χ1n) is 5.80. The molecule has 3 nitrogen and oxygen atoms in total. The van der Waals surface area contributed by atoms with Gasteiger partial charge in [0.1, 0.15) is 0 Å². The summed E-state index contributed by atoms with van der Waals surface area (Å²) < 4.78 is 1.12. The highest BCUT2D eigenvalue weighted by Crippen LogP contribution is 2.30. The third kappa shape index (κ3) is 2.72. The van der Waals surface area contributed by atoms with Gasteiger partial charge in [-0.05, 0) is 37.5 Å². The highest BCUT2D eigenvalue weighted by molar-refractivity contribution is 7.22. The Kier molecular flexibility index (Phi) is 4.33. The fourth-order valence-electron chi connectivity index (χ4n) is 2.29. The van der Waals surface area contributed by atoms with Crippen molar-refractivity contribution in [2.45, 2.75) is 31.3 Å². The Bertz CT molecular complexity index is 543. The fraction of sp³-hybridized carbons (Fsp3) is 0.417. The molecule has 1 heterocycles. The summed E-state index contributed by atoms with van der Waals surface area (Å²) in [4.78, 5) is 4.54. The summed E-state index contributed by atoms with van der Waals surface area (Å²) in [6.45, 7) is 0. The average molecular weight is 304 g/mol. The Labute approximate surface area is 121 Å². The molecule has 0 radical (unpaired) electrons. The minimum atomic E-state index is 0. The van der Waals surface area contributed by atoms with Crippen LogP contribution in [0, 0.1) is 0 Å². The zero-order valence-electron chi connectivity index (χ0n) is 9.73. The van der Waals surface area contributed by atoms with Gasteiger partial charge in [-0.25, -0.2) is 4.98 Å². The molecule has 3 N–H and O–H groups in total.